The average Bonchev–Trinajstić information content (AvgIpc) is 3.43. The van der Waals surface area contributed by atoms with Gasteiger partial charge in [-0.3, -0.25) is 0 Å². The van der Waals surface area contributed by atoms with Gasteiger partial charge < -0.3 is 0 Å². The Morgan fingerprint density at radius 1 is 0.500 bits per heavy atom. The molecule has 0 saturated heterocycles. The van der Waals surface area contributed by atoms with Crippen LogP contribution in [0.5, 0.6) is 0 Å². The predicted molar refractivity (Wildman–Crippen MR) is 136 cm³/mol. The fourth-order valence-corrected chi connectivity index (χ4v) is 6.24. The average molecular weight is 409 g/mol. The molecule has 0 aliphatic heterocycles. The lowest BCUT2D eigenvalue weighted by molar-refractivity contribution is 0.636. The van der Waals surface area contributed by atoms with Crippen LogP contribution in [0.25, 0.3) is 38.7 Å². The summed E-state index contributed by atoms with van der Waals surface area (Å²) in [6.07, 6.45) is 7.17. The molecule has 0 heteroatoms. The summed E-state index contributed by atoms with van der Waals surface area (Å²) in [5, 5.41) is 5.55. The highest BCUT2D eigenvalue weighted by Gasteiger charge is 2.30. The molecule has 0 N–H and O–H groups in total. The lowest BCUT2D eigenvalue weighted by Crippen LogP contribution is -2.02. The number of allylic oxidation sites excluding steroid dienone is 1. The summed E-state index contributed by atoms with van der Waals surface area (Å²) in [4.78, 5) is 0. The van der Waals surface area contributed by atoms with Crippen molar-refractivity contribution in [1.29, 1.82) is 0 Å². The molecule has 0 bridgehead atoms. The Balaban J connectivity index is 1.31. The zero-order valence-electron chi connectivity index (χ0n) is 18.0. The Hall–Kier alpha value is -3.64. The van der Waals surface area contributed by atoms with Gasteiger partial charge in [-0.15, -0.1) is 0 Å². The first-order valence-electron chi connectivity index (χ1n) is 11.7. The summed E-state index contributed by atoms with van der Waals surface area (Å²) in [5.41, 5.74) is 8.80. The summed E-state index contributed by atoms with van der Waals surface area (Å²) in [5.74, 6) is 0.964. The van der Waals surface area contributed by atoms with Crippen LogP contribution < -0.4 is 0 Å². The van der Waals surface area contributed by atoms with E-state index < -0.39 is 0 Å². The first-order valence-corrected chi connectivity index (χ1v) is 11.7. The molecule has 2 aliphatic carbocycles. The SMILES string of the molecule is C1=CC(CCC2c3ccccc3-c3ccccc32)c2c1c1ccccc1c1ccccc21. The van der Waals surface area contributed by atoms with Crippen LogP contribution in [0.15, 0.2) is 103 Å². The summed E-state index contributed by atoms with van der Waals surface area (Å²) >= 11 is 0. The fourth-order valence-electron chi connectivity index (χ4n) is 6.24. The topological polar surface area (TPSA) is 0 Å². The van der Waals surface area contributed by atoms with Crippen LogP contribution in [0.4, 0.5) is 0 Å². The van der Waals surface area contributed by atoms with Crippen molar-refractivity contribution < 1.29 is 0 Å². The van der Waals surface area contributed by atoms with E-state index in [-0.39, 0.29) is 0 Å². The Morgan fingerprint density at radius 2 is 1.03 bits per heavy atom. The minimum Gasteiger partial charge on any atom is -0.0763 e. The second-order valence-electron chi connectivity index (χ2n) is 9.19. The molecule has 0 spiro atoms. The normalized spacial score (nSPS) is 16.4. The van der Waals surface area contributed by atoms with Gasteiger partial charge in [0.05, 0.1) is 0 Å². The highest BCUT2D eigenvalue weighted by molar-refractivity contribution is 6.13. The van der Waals surface area contributed by atoms with Gasteiger partial charge in [0, 0.05) is 11.8 Å². The first-order chi connectivity index (χ1) is 15.9. The van der Waals surface area contributed by atoms with Gasteiger partial charge >= 0.3 is 0 Å². The Morgan fingerprint density at radius 3 is 1.72 bits per heavy atom. The van der Waals surface area contributed by atoms with Crippen molar-refractivity contribution >= 4 is 27.6 Å². The molecule has 0 saturated carbocycles. The van der Waals surface area contributed by atoms with E-state index in [0.717, 1.165) is 0 Å². The van der Waals surface area contributed by atoms with Crippen LogP contribution in [-0.4, -0.2) is 0 Å². The van der Waals surface area contributed by atoms with Gasteiger partial charge in [-0.05, 0) is 67.8 Å². The van der Waals surface area contributed by atoms with E-state index in [1.807, 2.05) is 0 Å². The maximum atomic E-state index is 2.45. The third kappa shape index (κ3) is 2.50. The summed E-state index contributed by atoms with van der Waals surface area (Å²) in [7, 11) is 0. The lowest BCUT2D eigenvalue weighted by Gasteiger charge is -2.19. The molecule has 0 aromatic heterocycles. The van der Waals surface area contributed by atoms with Crippen molar-refractivity contribution in [2.45, 2.75) is 24.7 Å². The van der Waals surface area contributed by atoms with E-state index in [0.29, 0.717) is 11.8 Å². The summed E-state index contributed by atoms with van der Waals surface area (Å²) in [6, 6.07) is 35.8. The van der Waals surface area contributed by atoms with Crippen LogP contribution in [0, 0.1) is 0 Å². The molecular formula is C32H24. The first kappa shape index (κ1) is 18.0. The van der Waals surface area contributed by atoms with Crippen molar-refractivity contribution in [2.24, 2.45) is 0 Å². The van der Waals surface area contributed by atoms with Gasteiger partial charge in [0.25, 0.3) is 0 Å². The molecule has 32 heavy (non-hydrogen) atoms. The Labute approximate surface area is 188 Å². The van der Waals surface area contributed by atoms with Crippen molar-refractivity contribution in [1.82, 2.24) is 0 Å². The Bertz CT molecular complexity index is 1490. The zero-order valence-corrected chi connectivity index (χ0v) is 18.0. The second-order valence-corrected chi connectivity index (χ2v) is 9.19. The highest BCUT2D eigenvalue weighted by Crippen LogP contribution is 2.49. The van der Waals surface area contributed by atoms with Crippen molar-refractivity contribution in [3.63, 3.8) is 0 Å². The maximum Gasteiger partial charge on any atom is 0.0102 e. The molecule has 1 atom stereocenters. The van der Waals surface area contributed by atoms with Gasteiger partial charge in [-0.25, -0.2) is 0 Å². The van der Waals surface area contributed by atoms with E-state index in [1.165, 1.54) is 67.8 Å². The third-order valence-corrected chi connectivity index (χ3v) is 7.61. The third-order valence-electron chi connectivity index (χ3n) is 7.61. The van der Waals surface area contributed by atoms with Crippen molar-refractivity contribution in [3.05, 3.63) is 125 Å². The fraction of sp³-hybridized carbons (Fsp3) is 0.125. The molecule has 152 valence electrons. The lowest BCUT2D eigenvalue weighted by atomic mass is 9.84. The molecule has 0 heterocycles. The minimum atomic E-state index is 0.472. The molecular weight excluding hydrogens is 384 g/mol. The van der Waals surface area contributed by atoms with Gasteiger partial charge in [-0.1, -0.05) is 109 Å². The number of fused-ring (bicyclic) bond motifs is 9. The predicted octanol–water partition coefficient (Wildman–Crippen LogP) is 8.70. The molecule has 0 radical (unpaired) electrons. The number of benzene rings is 5. The molecule has 0 amide bonds. The van der Waals surface area contributed by atoms with E-state index in [9.17, 15) is 0 Å². The summed E-state index contributed by atoms with van der Waals surface area (Å²) in [6.45, 7) is 0. The molecule has 7 rings (SSSR count). The molecule has 2 aliphatic rings. The van der Waals surface area contributed by atoms with Crippen LogP contribution in [0.1, 0.15) is 46.9 Å². The van der Waals surface area contributed by atoms with E-state index in [4.69, 9.17) is 0 Å². The largest absolute Gasteiger partial charge is 0.0763 e. The van der Waals surface area contributed by atoms with E-state index >= 15 is 0 Å². The van der Waals surface area contributed by atoms with Crippen molar-refractivity contribution in [2.75, 3.05) is 0 Å². The molecule has 5 aromatic carbocycles. The maximum absolute atomic E-state index is 2.45. The quantitative estimate of drug-likeness (QED) is 0.262. The van der Waals surface area contributed by atoms with Crippen LogP contribution in [-0.2, 0) is 0 Å². The molecule has 0 fully saturated rings. The Kier molecular flexibility index (Phi) is 3.90. The second kappa shape index (κ2) is 6.93. The highest BCUT2D eigenvalue weighted by atomic mass is 14.3. The number of hydrogen-bond donors (Lipinski definition) is 0. The minimum absolute atomic E-state index is 0.472. The number of hydrogen-bond acceptors (Lipinski definition) is 0. The van der Waals surface area contributed by atoms with Gasteiger partial charge in [-0.2, -0.15) is 0 Å². The zero-order chi connectivity index (χ0) is 21.1. The monoisotopic (exact) mass is 408 g/mol. The standard InChI is InChI=1S/C32H24/c1-3-11-24-22(9-1)23-10-2-4-12-25(23)29(24)19-17-21-18-20-31-28-15-6-5-13-26(28)27-14-7-8-16-30(27)32(21)31/h1-16,18,20-21,29H,17,19H2. The van der Waals surface area contributed by atoms with Gasteiger partial charge in [0.1, 0.15) is 0 Å². The van der Waals surface area contributed by atoms with Gasteiger partial charge in [0.15, 0.2) is 0 Å². The van der Waals surface area contributed by atoms with Crippen LogP contribution in [0.3, 0.4) is 0 Å². The van der Waals surface area contributed by atoms with Crippen LogP contribution in [0.2, 0.25) is 0 Å². The van der Waals surface area contributed by atoms with E-state index in [2.05, 4.69) is 109 Å². The van der Waals surface area contributed by atoms with Gasteiger partial charge in [0.2, 0.25) is 0 Å². The van der Waals surface area contributed by atoms with Crippen LogP contribution >= 0.6 is 0 Å². The smallest absolute Gasteiger partial charge is 0.0102 e. The van der Waals surface area contributed by atoms with Crippen molar-refractivity contribution in [3.8, 4) is 11.1 Å². The van der Waals surface area contributed by atoms with E-state index in [1.54, 1.807) is 0 Å². The number of rotatable bonds is 3. The summed E-state index contributed by atoms with van der Waals surface area (Å²) < 4.78 is 0. The molecule has 1 unspecified atom stereocenters. The molecule has 5 aromatic rings. The molecule has 0 nitrogen and oxygen atoms in total.